The molecule has 2 rings (SSSR count). The van der Waals surface area contributed by atoms with Gasteiger partial charge in [0.05, 0.1) is 17.4 Å². The molecule has 0 radical (unpaired) electrons. The molecule has 0 saturated carbocycles. The number of aromatic nitrogens is 1. The Morgan fingerprint density at radius 3 is 2.39 bits per heavy atom. The number of carbonyl (C=O) groups excluding carboxylic acids is 1. The Bertz CT molecular complexity index is 518. The third kappa shape index (κ3) is 2.94. The van der Waals surface area contributed by atoms with E-state index in [-0.39, 0.29) is 12.1 Å². The fourth-order valence-electron chi connectivity index (χ4n) is 1.58. The fraction of sp³-hybridized carbons (Fsp3) is 0.200. The predicted octanol–water partition coefficient (Wildman–Crippen LogP) is 3.31. The van der Waals surface area contributed by atoms with Gasteiger partial charge in [0, 0.05) is 11.8 Å². The summed E-state index contributed by atoms with van der Waals surface area (Å²) in [5, 5.41) is 0. The van der Waals surface area contributed by atoms with E-state index in [1.807, 2.05) is 50.2 Å². The highest BCUT2D eigenvalue weighted by atomic mass is 16.5. The molecule has 1 aromatic heterocycles. The van der Waals surface area contributed by atoms with E-state index >= 15 is 0 Å². The number of pyridine rings is 1. The van der Waals surface area contributed by atoms with Gasteiger partial charge in [0.1, 0.15) is 0 Å². The van der Waals surface area contributed by atoms with Crippen LogP contribution < -0.4 is 0 Å². The Morgan fingerprint density at radius 2 is 1.83 bits per heavy atom. The van der Waals surface area contributed by atoms with Crippen LogP contribution in [0, 0.1) is 0 Å². The lowest BCUT2D eigenvalue weighted by molar-refractivity contribution is 0.0377. The number of hydrogen-bond acceptors (Lipinski definition) is 3. The molecule has 0 aliphatic rings. The van der Waals surface area contributed by atoms with Gasteiger partial charge in [0.15, 0.2) is 0 Å². The average Bonchev–Trinajstić information content (AvgIpc) is 2.39. The molecule has 0 atom stereocenters. The van der Waals surface area contributed by atoms with Crippen LogP contribution in [0.2, 0.25) is 0 Å². The molecular weight excluding hydrogens is 226 g/mol. The molecule has 1 aromatic carbocycles. The highest BCUT2D eigenvalue weighted by Crippen LogP contribution is 2.16. The van der Waals surface area contributed by atoms with Crippen LogP contribution >= 0.6 is 0 Å². The van der Waals surface area contributed by atoms with Gasteiger partial charge in [-0.3, -0.25) is 4.98 Å². The van der Waals surface area contributed by atoms with E-state index in [1.54, 1.807) is 12.3 Å². The first-order chi connectivity index (χ1) is 8.66. The zero-order chi connectivity index (χ0) is 13.0. The minimum absolute atomic E-state index is 0.119. The van der Waals surface area contributed by atoms with Crippen LogP contribution in [0.3, 0.4) is 0 Å². The van der Waals surface area contributed by atoms with Crippen LogP contribution in [-0.4, -0.2) is 17.1 Å². The lowest BCUT2D eigenvalue weighted by Crippen LogP contribution is -2.11. The zero-order valence-electron chi connectivity index (χ0n) is 10.5. The summed E-state index contributed by atoms with van der Waals surface area (Å²) in [6.45, 7) is 3.65. The maximum absolute atomic E-state index is 11.6. The maximum atomic E-state index is 11.6. The SMILES string of the molecule is CC(C)OC(=O)c1ccc(-c2ccccc2)nc1. The van der Waals surface area contributed by atoms with E-state index in [2.05, 4.69) is 4.98 Å². The predicted molar refractivity (Wildman–Crippen MR) is 70.2 cm³/mol. The number of rotatable bonds is 3. The summed E-state index contributed by atoms with van der Waals surface area (Å²) in [5.74, 6) is -0.336. The molecule has 0 spiro atoms. The van der Waals surface area contributed by atoms with Crippen molar-refractivity contribution in [3.05, 3.63) is 54.2 Å². The quantitative estimate of drug-likeness (QED) is 0.774. The molecule has 0 saturated heterocycles. The summed E-state index contributed by atoms with van der Waals surface area (Å²) < 4.78 is 5.10. The molecule has 2 aromatic rings. The number of ether oxygens (including phenoxy) is 1. The van der Waals surface area contributed by atoms with Crippen molar-refractivity contribution in [2.45, 2.75) is 20.0 Å². The Morgan fingerprint density at radius 1 is 1.11 bits per heavy atom. The van der Waals surface area contributed by atoms with Crippen LogP contribution in [0.1, 0.15) is 24.2 Å². The van der Waals surface area contributed by atoms with E-state index in [4.69, 9.17) is 4.74 Å². The van der Waals surface area contributed by atoms with E-state index in [1.165, 1.54) is 0 Å². The lowest BCUT2D eigenvalue weighted by atomic mass is 10.1. The first-order valence-electron chi connectivity index (χ1n) is 5.89. The molecule has 3 nitrogen and oxygen atoms in total. The van der Waals surface area contributed by atoms with Crippen LogP contribution in [0.15, 0.2) is 48.7 Å². The van der Waals surface area contributed by atoms with Crippen molar-refractivity contribution in [1.29, 1.82) is 0 Å². The molecular formula is C15H15NO2. The van der Waals surface area contributed by atoms with Crippen molar-refractivity contribution in [1.82, 2.24) is 4.98 Å². The van der Waals surface area contributed by atoms with Crippen molar-refractivity contribution in [3.63, 3.8) is 0 Å². The molecule has 3 heteroatoms. The summed E-state index contributed by atoms with van der Waals surface area (Å²) in [7, 11) is 0. The van der Waals surface area contributed by atoms with Gasteiger partial charge in [-0.25, -0.2) is 4.79 Å². The average molecular weight is 241 g/mol. The highest BCUT2D eigenvalue weighted by Gasteiger charge is 2.09. The highest BCUT2D eigenvalue weighted by molar-refractivity contribution is 5.89. The van der Waals surface area contributed by atoms with E-state index in [9.17, 15) is 4.79 Å². The topological polar surface area (TPSA) is 39.2 Å². The van der Waals surface area contributed by atoms with Crippen LogP contribution in [0.4, 0.5) is 0 Å². The van der Waals surface area contributed by atoms with Crippen LogP contribution in [0.5, 0.6) is 0 Å². The first-order valence-corrected chi connectivity index (χ1v) is 5.89. The Labute approximate surface area is 106 Å². The monoisotopic (exact) mass is 241 g/mol. The first kappa shape index (κ1) is 12.3. The van der Waals surface area contributed by atoms with Gasteiger partial charge in [-0.2, -0.15) is 0 Å². The van der Waals surface area contributed by atoms with Crippen LogP contribution in [0.25, 0.3) is 11.3 Å². The molecule has 0 unspecified atom stereocenters. The number of esters is 1. The van der Waals surface area contributed by atoms with Crippen molar-refractivity contribution in [2.24, 2.45) is 0 Å². The van der Waals surface area contributed by atoms with Gasteiger partial charge in [0.25, 0.3) is 0 Å². The molecule has 0 amide bonds. The van der Waals surface area contributed by atoms with E-state index < -0.39 is 0 Å². The Hall–Kier alpha value is -2.16. The summed E-state index contributed by atoms with van der Waals surface area (Å²) in [4.78, 5) is 15.9. The normalized spacial score (nSPS) is 10.4. The van der Waals surface area contributed by atoms with E-state index in [0.29, 0.717) is 5.56 Å². The zero-order valence-corrected chi connectivity index (χ0v) is 10.5. The number of nitrogens with zero attached hydrogens (tertiary/aromatic N) is 1. The number of hydrogen-bond donors (Lipinski definition) is 0. The smallest absolute Gasteiger partial charge is 0.339 e. The summed E-state index contributed by atoms with van der Waals surface area (Å²) in [6, 6.07) is 13.4. The standard InChI is InChI=1S/C15H15NO2/c1-11(2)18-15(17)13-8-9-14(16-10-13)12-6-4-3-5-7-12/h3-11H,1-2H3. The third-order valence-corrected chi connectivity index (χ3v) is 2.41. The second-order valence-electron chi connectivity index (χ2n) is 4.25. The minimum atomic E-state index is -0.336. The largest absolute Gasteiger partial charge is 0.459 e. The second-order valence-corrected chi connectivity index (χ2v) is 4.25. The molecule has 92 valence electrons. The minimum Gasteiger partial charge on any atom is -0.459 e. The Balaban J connectivity index is 2.18. The van der Waals surface area contributed by atoms with Gasteiger partial charge in [-0.05, 0) is 26.0 Å². The van der Waals surface area contributed by atoms with Gasteiger partial charge < -0.3 is 4.74 Å². The fourth-order valence-corrected chi connectivity index (χ4v) is 1.58. The van der Waals surface area contributed by atoms with Gasteiger partial charge >= 0.3 is 5.97 Å². The third-order valence-electron chi connectivity index (χ3n) is 2.41. The summed E-state index contributed by atoms with van der Waals surface area (Å²) in [6.07, 6.45) is 1.43. The second kappa shape index (κ2) is 5.45. The Kier molecular flexibility index (Phi) is 3.72. The molecule has 0 bridgehead atoms. The number of benzene rings is 1. The van der Waals surface area contributed by atoms with E-state index in [0.717, 1.165) is 11.3 Å². The molecule has 1 heterocycles. The summed E-state index contributed by atoms with van der Waals surface area (Å²) >= 11 is 0. The summed E-state index contributed by atoms with van der Waals surface area (Å²) in [5.41, 5.74) is 2.35. The molecule has 18 heavy (non-hydrogen) atoms. The van der Waals surface area contributed by atoms with Crippen LogP contribution in [-0.2, 0) is 4.74 Å². The van der Waals surface area contributed by atoms with Crippen molar-refractivity contribution >= 4 is 5.97 Å². The van der Waals surface area contributed by atoms with Gasteiger partial charge in [0.2, 0.25) is 0 Å². The van der Waals surface area contributed by atoms with Crippen molar-refractivity contribution < 1.29 is 9.53 Å². The van der Waals surface area contributed by atoms with Gasteiger partial charge in [-0.15, -0.1) is 0 Å². The lowest BCUT2D eigenvalue weighted by Gasteiger charge is -2.07. The molecule has 0 aliphatic carbocycles. The maximum Gasteiger partial charge on any atom is 0.339 e. The van der Waals surface area contributed by atoms with Crippen molar-refractivity contribution in [2.75, 3.05) is 0 Å². The molecule has 0 fully saturated rings. The number of carbonyl (C=O) groups is 1. The van der Waals surface area contributed by atoms with Crippen molar-refractivity contribution in [3.8, 4) is 11.3 Å². The van der Waals surface area contributed by atoms with Gasteiger partial charge in [-0.1, -0.05) is 30.3 Å². The molecule has 0 aliphatic heterocycles. The molecule has 0 N–H and O–H groups in total.